The van der Waals surface area contributed by atoms with Crippen molar-refractivity contribution in [1.29, 1.82) is 0 Å². The van der Waals surface area contributed by atoms with E-state index < -0.39 is 0 Å². The second-order valence-electron chi connectivity index (χ2n) is 3.94. The molecule has 0 heterocycles. The number of hydrogen-bond acceptors (Lipinski definition) is 3. The van der Waals surface area contributed by atoms with Gasteiger partial charge in [0.1, 0.15) is 0 Å². The fourth-order valence-corrected chi connectivity index (χ4v) is 1.98. The lowest BCUT2D eigenvalue weighted by Crippen LogP contribution is -2.18. The Morgan fingerprint density at radius 3 is 2.59 bits per heavy atom. The smallest absolute Gasteiger partial charge is 0.261 e. The summed E-state index contributed by atoms with van der Waals surface area (Å²) in [5.74, 6) is 0.842. The molecule has 94 valence electrons. The molecule has 0 aliphatic heterocycles. The van der Waals surface area contributed by atoms with Crippen molar-refractivity contribution in [3.63, 3.8) is 0 Å². The van der Waals surface area contributed by atoms with Crippen molar-refractivity contribution >= 4 is 29.5 Å². The lowest BCUT2D eigenvalue weighted by atomic mass is 10.2. The molecule has 0 atom stereocenters. The van der Waals surface area contributed by atoms with Gasteiger partial charge >= 0.3 is 0 Å². The minimum atomic E-state index is -0.0727. The Bertz CT molecular complexity index is 354. The van der Waals surface area contributed by atoms with Gasteiger partial charge in [-0.25, -0.2) is 0 Å². The van der Waals surface area contributed by atoms with Crippen molar-refractivity contribution in [3.05, 3.63) is 34.9 Å². The number of amides is 1. The van der Waals surface area contributed by atoms with Crippen LogP contribution in [0.1, 0.15) is 16.8 Å². The molecule has 0 spiro atoms. The molecule has 0 aliphatic rings. The van der Waals surface area contributed by atoms with Crippen LogP contribution in [0.3, 0.4) is 0 Å². The third-order valence-electron chi connectivity index (χ3n) is 2.12. The second-order valence-corrected chi connectivity index (χ2v) is 5.28. The molecule has 1 aromatic carbocycles. The zero-order valence-corrected chi connectivity index (χ0v) is 11.6. The molecule has 1 rings (SSSR count). The van der Waals surface area contributed by atoms with Gasteiger partial charge in [0.05, 0.1) is 0 Å². The Morgan fingerprint density at radius 2 is 2.00 bits per heavy atom. The van der Waals surface area contributed by atoms with Crippen LogP contribution in [0, 0.1) is 0 Å². The normalized spacial score (nSPS) is 10.6. The van der Waals surface area contributed by atoms with E-state index in [9.17, 15) is 4.79 Å². The average Bonchev–Trinajstić information content (AvgIpc) is 2.29. The van der Waals surface area contributed by atoms with Crippen LogP contribution in [0.5, 0.6) is 0 Å². The summed E-state index contributed by atoms with van der Waals surface area (Å²) in [7, 11) is 4.08. The second kappa shape index (κ2) is 7.58. The quantitative estimate of drug-likeness (QED) is 0.638. The van der Waals surface area contributed by atoms with Gasteiger partial charge in [0.15, 0.2) is 0 Å². The van der Waals surface area contributed by atoms with Crippen LogP contribution in [0.2, 0.25) is 5.02 Å². The molecule has 5 heteroatoms. The Hall–Kier alpha value is -0.710. The van der Waals surface area contributed by atoms with Crippen LogP contribution in [-0.4, -0.2) is 37.2 Å². The van der Waals surface area contributed by atoms with Crippen molar-refractivity contribution in [2.45, 2.75) is 6.42 Å². The van der Waals surface area contributed by atoms with Gasteiger partial charge in [-0.2, -0.15) is 0 Å². The van der Waals surface area contributed by atoms with Crippen LogP contribution in [0.4, 0.5) is 0 Å². The Morgan fingerprint density at radius 1 is 1.35 bits per heavy atom. The maximum Gasteiger partial charge on any atom is 0.261 e. The first-order valence-corrected chi connectivity index (χ1v) is 6.78. The minimum Gasteiger partial charge on any atom is -0.309 e. The van der Waals surface area contributed by atoms with E-state index in [0.717, 1.165) is 18.7 Å². The van der Waals surface area contributed by atoms with Crippen molar-refractivity contribution in [1.82, 2.24) is 9.62 Å². The zero-order valence-electron chi connectivity index (χ0n) is 10.1. The van der Waals surface area contributed by atoms with E-state index >= 15 is 0 Å². The molecule has 0 fully saturated rings. The van der Waals surface area contributed by atoms with Gasteiger partial charge in [0.25, 0.3) is 5.91 Å². The third kappa shape index (κ3) is 5.96. The molecule has 0 unspecified atom stereocenters. The van der Waals surface area contributed by atoms with Gasteiger partial charge in [-0.15, -0.1) is 0 Å². The largest absolute Gasteiger partial charge is 0.309 e. The number of hydrogen-bond donors (Lipinski definition) is 1. The fourth-order valence-electron chi connectivity index (χ4n) is 1.23. The lowest BCUT2D eigenvalue weighted by Gasteiger charge is -2.08. The van der Waals surface area contributed by atoms with E-state index in [2.05, 4.69) is 9.62 Å². The van der Waals surface area contributed by atoms with Crippen molar-refractivity contribution in [2.75, 3.05) is 26.4 Å². The van der Waals surface area contributed by atoms with Crippen LogP contribution >= 0.6 is 23.5 Å². The molecule has 1 N–H and O–H groups in total. The first kappa shape index (κ1) is 14.4. The standard InChI is InChI=1S/C12H17ClN2OS/c1-15(2)8-3-9-17-14-12(16)10-4-6-11(13)7-5-10/h4-7H,3,8-9H2,1-2H3,(H,14,16). The number of halogens is 1. The molecule has 0 radical (unpaired) electrons. The summed E-state index contributed by atoms with van der Waals surface area (Å²) >= 11 is 7.19. The topological polar surface area (TPSA) is 32.3 Å². The Kier molecular flexibility index (Phi) is 6.40. The van der Waals surface area contributed by atoms with Crippen LogP contribution in [-0.2, 0) is 0 Å². The summed E-state index contributed by atoms with van der Waals surface area (Å²) < 4.78 is 2.81. The van der Waals surface area contributed by atoms with Gasteiger partial charge in [-0.3, -0.25) is 9.52 Å². The van der Waals surface area contributed by atoms with Crippen LogP contribution in [0.15, 0.2) is 24.3 Å². The fraction of sp³-hybridized carbons (Fsp3) is 0.417. The van der Waals surface area contributed by atoms with E-state index in [-0.39, 0.29) is 5.91 Å². The van der Waals surface area contributed by atoms with E-state index in [1.807, 2.05) is 14.1 Å². The number of carbonyl (C=O) groups is 1. The molecule has 1 aromatic rings. The first-order chi connectivity index (χ1) is 8.09. The molecule has 0 saturated carbocycles. The molecular formula is C12H17ClN2OS. The summed E-state index contributed by atoms with van der Waals surface area (Å²) in [4.78, 5) is 13.8. The van der Waals surface area contributed by atoms with Gasteiger partial charge in [-0.1, -0.05) is 23.5 Å². The van der Waals surface area contributed by atoms with E-state index in [4.69, 9.17) is 11.6 Å². The number of benzene rings is 1. The molecular weight excluding hydrogens is 256 g/mol. The number of carbonyl (C=O) groups excluding carboxylic acids is 1. The molecule has 17 heavy (non-hydrogen) atoms. The predicted octanol–water partition coefficient (Wildman–Crippen LogP) is 2.67. The van der Waals surface area contributed by atoms with Gasteiger partial charge in [-0.05, 0) is 51.3 Å². The predicted molar refractivity (Wildman–Crippen MR) is 74.5 cm³/mol. The van der Waals surface area contributed by atoms with Crippen molar-refractivity contribution < 1.29 is 4.79 Å². The average molecular weight is 273 g/mol. The summed E-state index contributed by atoms with van der Waals surface area (Å²) in [6, 6.07) is 6.87. The third-order valence-corrected chi connectivity index (χ3v) is 3.20. The molecule has 3 nitrogen and oxygen atoms in total. The van der Waals surface area contributed by atoms with E-state index in [1.165, 1.54) is 11.9 Å². The first-order valence-electron chi connectivity index (χ1n) is 5.42. The van der Waals surface area contributed by atoms with Gasteiger partial charge in [0, 0.05) is 16.3 Å². The SMILES string of the molecule is CN(C)CCCSNC(=O)c1ccc(Cl)cc1. The summed E-state index contributed by atoms with van der Waals surface area (Å²) in [5, 5.41) is 0.639. The highest BCUT2D eigenvalue weighted by Crippen LogP contribution is 2.10. The van der Waals surface area contributed by atoms with Gasteiger partial charge in [0.2, 0.25) is 0 Å². The maximum atomic E-state index is 11.7. The number of nitrogens with zero attached hydrogens (tertiary/aromatic N) is 1. The highest BCUT2D eigenvalue weighted by Gasteiger charge is 2.04. The highest BCUT2D eigenvalue weighted by atomic mass is 35.5. The number of rotatable bonds is 6. The van der Waals surface area contributed by atoms with E-state index in [1.54, 1.807) is 24.3 Å². The zero-order chi connectivity index (χ0) is 12.7. The maximum absolute atomic E-state index is 11.7. The van der Waals surface area contributed by atoms with E-state index in [0.29, 0.717) is 10.6 Å². The minimum absolute atomic E-state index is 0.0727. The van der Waals surface area contributed by atoms with Crippen molar-refractivity contribution in [3.8, 4) is 0 Å². The number of nitrogens with one attached hydrogen (secondary N) is 1. The molecule has 0 aromatic heterocycles. The Labute approximate surface area is 112 Å². The summed E-state index contributed by atoms with van der Waals surface area (Å²) in [6.07, 6.45) is 1.05. The summed E-state index contributed by atoms with van der Waals surface area (Å²) in [6.45, 7) is 1.03. The monoisotopic (exact) mass is 272 g/mol. The van der Waals surface area contributed by atoms with Crippen molar-refractivity contribution in [2.24, 2.45) is 0 Å². The molecule has 0 bridgehead atoms. The molecule has 0 aliphatic carbocycles. The Balaban J connectivity index is 2.23. The molecule has 0 saturated heterocycles. The molecule has 1 amide bonds. The highest BCUT2D eigenvalue weighted by molar-refractivity contribution is 7.97. The lowest BCUT2D eigenvalue weighted by molar-refractivity contribution is 0.0984. The van der Waals surface area contributed by atoms with Crippen LogP contribution in [0.25, 0.3) is 0 Å². The van der Waals surface area contributed by atoms with Gasteiger partial charge < -0.3 is 4.90 Å². The van der Waals surface area contributed by atoms with Crippen LogP contribution < -0.4 is 4.72 Å². The summed E-state index contributed by atoms with van der Waals surface area (Å²) in [5.41, 5.74) is 0.634.